The van der Waals surface area contributed by atoms with Gasteiger partial charge in [-0.15, -0.1) is 0 Å². The highest BCUT2D eigenvalue weighted by Crippen LogP contribution is 2.30. The van der Waals surface area contributed by atoms with Gasteiger partial charge < -0.3 is 14.1 Å². The van der Waals surface area contributed by atoms with Gasteiger partial charge in [0, 0.05) is 10.9 Å². The number of para-hydroxylation sites is 1. The number of H-pyrrole nitrogens is 1. The molecule has 0 radical (unpaired) electrons. The second-order valence-corrected chi connectivity index (χ2v) is 8.08. The summed E-state index contributed by atoms with van der Waals surface area (Å²) >= 11 is 0. The number of ether oxygens (including phenoxy) is 1. The Morgan fingerprint density at radius 2 is 1.80 bits per heavy atom. The highest BCUT2D eigenvalue weighted by molar-refractivity contribution is 6.10. The van der Waals surface area contributed by atoms with Gasteiger partial charge in [-0.2, -0.15) is 0 Å². The molecule has 6 aromatic rings. The number of fused-ring (bicyclic) bond motifs is 2. The Hall–Kier alpha value is -4.91. The summed E-state index contributed by atoms with van der Waals surface area (Å²) in [4.78, 5) is 25.7. The van der Waals surface area contributed by atoms with E-state index in [1.807, 2.05) is 72.8 Å². The lowest BCUT2D eigenvalue weighted by Crippen LogP contribution is -2.15. The Bertz CT molecular complexity index is 1690. The molecule has 170 valence electrons. The van der Waals surface area contributed by atoms with Crippen molar-refractivity contribution in [2.24, 2.45) is 0 Å². The van der Waals surface area contributed by atoms with Gasteiger partial charge in [0.15, 0.2) is 5.76 Å². The van der Waals surface area contributed by atoms with E-state index in [2.05, 4.69) is 15.3 Å². The molecule has 0 saturated heterocycles. The van der Waals surface area contributed by atoms with Crippen LogP contribution in [-0.2, 0) is 0 Å². The molecule has 0 spiro atoms. The molecule has 0 aliphatic heterocycles. The molecular formula is C28H20N4O3. The van der Waals surface area contributed by atoms with Crippen molar-refractivity contribution in [3.63, 3.8) is 0 Å². The Morgan fingerprint density at radius 1 is 0.943 bits per heavy atom. The van der Waals surface area contributed by atoms with Crippen molar-refractivity contribution in [1.29, 1.82) is 0 Å². The summed E-state index contributed by atoms with van der Waals surface area (Å²) in [5, 5.41) is 5.81. The molecule has 6 rings (SSSR count). The van der Waals surface area contributed by atoms with Gasteiger partial charge >= 0.3 is 0 Å². The molecule has 7 heteroatoms. The van der Waals surface area contributed by atoms with E-state index in [-0.39, 0.29) is 5.91 Å². The number of pyridine rings is 1. The topological polar surface area (TPSA) is 93.0 Å². The van der Waals surface area contributed by atoms with E-state index in [9.17, 15) is 4.79 Å². The van der Waals surface area contributed by atoms with E-state index >= 15 is 0 Å². The summed E-state index contributed by atoms with van der Waals surface area (Å²) in [6, 6.07) is 25.1. The van der Waals surface area contributed by atoms with E-state index in [4.69, 9.17) is 14.1 Å². The minimum atomic E-state index is -0.312. The maximum absolute atomic E-state index is 13.4. The predicted octanol–water partition coefficient (Wildman–Crippen LogP) is 6.30. The van der Waals surface area contributed by atoms with Crippen molar-refractivity contribution in [1.82, 2.24) is 15.0 Å². The molecule has 0 bridgehead atoms. The minimum absolute atomic E-state index is 0.312. The summed E-state index contributed by atoms with van der Waals surface area (Å²) in [6.07, 6.45) is 3.20. The molecule has 2 N–H and O–H groups in total. The van der Waals surface area contributed by atoms with E-state index in [0.717, 1.165) is 33.0 Å². The summed E-state index contributed by atoms with van der Waals surface area (Å²) in [5.41, 5.74) is 3.37. The molecule has 0 saturated carbocycles. The number of aromatic amines is 1. The Labute approximate surface area is 200 Å². The average Bonchev–Trinajstić information content (AvgIpc) is 3.59. The summed E-state index contributed by atoms with van der Waals surface area (Å²) < 4.78 is 10.7. The number of carbonyl (C=O) groups is 1. The lowest BCUT2D eigenvalue weighted by Gasteiger charge is -2.12. The van der Waals surface area contributed by atoms with Crippen LogP contribution in [0.3, 0.4) is 0 Å². The number of hydrogen-bond acceptors (Lipinski definition) is 5. The number of methoxy groups -OCH3 is 1. The number of amides is 1. The van der Waals surface area contributed by atoms with Gasteiger partial charge in [0.05, 0.1) is 36.3 Å². The van der Waals surface area contributed by atoms with Crippen molar-refractivity contribution < 1.29 is 13.9 Å². The fraction of sp³-hybridized carbons (Fsp3) is 0.0357. The molecule has 3 aromatic heterocycles. The first-order valence-electron chi connectivity index (χ1n) is 11.1. The summed E-state index contributed by atoms with van der Waals surface area (Å²) in [7, 11) is 1.65. The second kappa shape index (κ2) is 8.46. The Morgan fingerprint density at radius 3 is 2.66 bits per heavy atom. The maximum Gasteiger partial charge on any atom is 0.260 e. The summed E-state index contributed by atoms with van der Waals surface area (Å²) in [6.45, 7) is 0. The van der Waals surface area contributed by atoms with Crippen molar-refractivity contribution in [2.75, 3.05) is 12.4 Å². The number of nitrogens with zero attached hydrogens (tertiary/aromatic N) is 2. The van der Waals surface area contributed by atoms with Crippen LogP contribution >= 0.6 is 0 Å². The fourth-order valence-corrected chi connectivity index (χ4v) is 4.12. The predicted molar refractivity (Wildman–Crippen MR) is 135 cm³/mol. The molecule has 0 aliphatic carbocycles. The molecule has 3 aromatic carbocycles. The van der Waals surface area contributed by atoms with Crippen LogP contribution in [-0.4, -0.2) is 28.0 Å². The zero-order chi connectivity index (χ0) is 23.8. The van der Waals surface area contributed by atoms with Gasteiger partial charge in [0.25, 0.3) is 5.91 Å². The number of aromatic nitrogens is 3. The van der Waals surface area contributed by atoms with Crippen LogP contribution in [0.25, 0.3) is 44.4 Å². The van der Waals surface area contributed by atoms with Gasteiger partial charge in [-0.05, 0) is 53.2 Å². The molecule has 0 fully saturated rings. The van der Waals surface area contributed by atoms with E-state index in [1.165, 1.54) is 0 Å². The van der Waals surface area contributed by atoms with Gasteiger partial charge in [0.2, 0.25) is 5.95 Å². The van der Waals surface area contributed by atoms with Crippen LogP contribution in [0.4, 0.5) is 5.95 Å². The fourth-order valence-electron chi connectivity index (χ4n) is 4.12. The molecule has 0 unspecified atom stereocenters. The zero-order valence-electron chi connectivity index (χ0n) is 18.8. The van der Waals surface area contributed by atoms with Crippen LogP contribution in [0.15, 0.2) is 95.7 Å². The van der Waals surface area contributed by atoms with E-state index in [1.54, 1.807) is 25.6 Å². The van der Waals surface area contributed by atoms with E-state index < -0.39 is 0 Å². The third kappa shape index (κ3) is 3.89. The van der Waals surface area contributed by atoms with Gasteiger partial charge in [0.1, 0.15) is 11.4 Å². The quantitative estimate of drug-likeness (QED) is 0.315. The largest absolute Gasteiger partial charge is 0.497 e. The molecule has 7 nitrogen and oxygen atoms in total. The lowest BCUT2D eigenvalue weighted by atomic mass is 9.99. The number of imidazole rings is 1. The molecular weight excluding hydrogens is 440 g/mol. The second-order valence-electron chi connectivity index (χ2n) is 8.08. The minimum Gasteiger partial charge on any atom is -0.497 e. The first kappa shape index (κ1) is 20.7. The van der Waals surface area contributed by atoms with Crippen LogP contribution in [0.1, 0.15) is 10.4 Å². The third-order valence-electron chi connectivity index (χ3n) is 5.88. The van der Waals surface area contributed by atoms with E-state index in [0.29, 0.717) is 28.7 Å². The average molecular weight is 460 g/mol. The smallest absolute Gasteiger partial charge is 0.260 e. The van der Waals surface area contributed by atoms with Crippen molar-refractivity contribution in [3.8, 4) is 28.5 Å². The molecule has 0 atom stereocenters. The molecule has 1 amide bonds. The van der Waals surface area contributed by atoms with Crippen molar-refractivity contribution in [3.05, 3.63) is 96.9 Å². The summed E-state index contributed by atoms with van der Waals surface area (Å²) in [5.74, 6) is 1.44. The standard InChI is InChI=1S/C28H20N4O3/c1-34-21-11-10-17-13-20(9-8-18(17)14-21)26-22(15-19-5-2-3-6-23(19)30-26)27(33)32-28-29-16-24(31-28)25-7-4-12-35-25/h2-16H,1H3,(H2,29,31,32,33). The number of hydrogen-bond donors (Lipinski definition) is 2. The van der Waals surface area contributed by atoms with Gasteiger partial charge in [-0.1, -0.05) is 36.4 Å². The SMILES string of the molecule is COc1ccc2cc(-c3nc4ccccc4cc3C(=O)Nc3ncc(-c4ccco4)[nH]3)ccc2c1. The number of anilines is 1. The van der Waals surface area contributed by atoms with Crippen LogP contribution in [0.2, 0.25) is 0 Å². The molecule has 35 heavy (non-hydrogen) atoms. The van der Waals surface area contributed by atoms with Crippen LogP contribution < -0.4 is 10.1 Å². The number of benzene rings is 3. The van der Waals surface area contributed by atoms with Crippen LogP contribution in [0, 0.1) is 0 Å². The number of rotatable bonds is 5. The van der Waals surface area contributed by atoms with Crippen molar-refractivity contribution >= 4 is 33.5 Å². The third-order valence-corrected chi connectivity index (χ3v) is 5.88. The monoisotopic (exact) mass is 460 g/mol. The lowest BCUT2D eigenvalue weighted by molar-refractivity contribution is 0.102. The first-order valence-corrected chi connectivity index (χ1v) is 11.1. The molecule has 0 aliphatic rings. The van der Waals surface area contributed by atoms with Crippen LogP contribution in [0.5, 0.6) is 5.75 Å². The number of furan rings is 1. The van der Waals surface area contributed by atoms with Crippen molar-refractivity contribution in [2.45, 2.75) is 0 Å². The highest BCUT2D eigenvalue weighted by atomic mass is 16.5. The highest BCUT2D eigenvalue weighted by Gasteiger charge is 2.18. The zero-order valence-corrected chi connectivity index (χ0v) is 18.8. The normalized spacial score (nSPS) is 11.1. The molecule has 3 heterocycles. The first-order chi connectivity index (χ1) is 17.2. The number of nitrogens with one attached hydrogen (secondary N) is 2. The van der Waals surface area contributed by atoms with Gasteiger partial charge in [-0.3, -0.25) is 10.1 Å². The van der Waals surface area contributed by atoms with Gasteiger partial charge in [-0.25, -0.2) is 9.97 Å². The number of carbonyl (C=O) groups excluding carboxylic acids is 1. The maximum atomic E-state index is 13.4. The Balaban J connectivity index is 1.42. The Kier molecular flexibility index (Phi) is 5.00.